The van der Waals surface area contributed by atoms with Gasteiger partial charge in [-0.05, 0) is 63.8 Å². The third-order valence-corrected chi connectivity index (χ3v) is 7.03. The summed E-state index contributed by atoms with van der Waals surface area (Å²) in [5.74, 6) is 0.100. The number of aryl methyl sites for hydroxylation is 4. The Morgan fingerprint density at radius 3 is 2.44 bits per heavy atom. The second-order valence-electron chi connectivity index (χ2n) is 7.16. The lowest BCUT2D eigenvalue weighted by atomic mass is 10.1. The third kappa shape index (κ3) is 3.89. The van der Waals surface area contributed by atoms with Crippen LogP contribution >= 0.6 is 0 Å². The van der Waals surface area contributed by atoms with Crippen molar-refractivity contribution in [2.75, 3.05) is 11.9 Å². The van der Waals surface area contributed by atoms with E-state index < -0.39 is 16.1 Å². The average Bonchev–Trinajstić information content (AvgIpc) is 3.04. The highest BCUT2D eigenvalue weighted by Gasteiger charge is 2.40. The molecule has 144 valence electrons. The van der Waals surface area contributed by atoms with E-state index in [1.807, 2.05) is 32.0 Å². The van der Waals surface area contributed by atoms with Gasteiger partial charge in [0, 0.05) is 12.2 Å². The molecule has 27 heavy (non-hydrogen) atoms. The van der Waals surface area contributed by atoms with Crippen molar-refractivity contribution in [3.8, 4) is 0 Å². The van der Waals surface area contributed by atoms with Gasteiger partial charge in [0.15, 0.2) is 0 Å². The minimum atomic E-state index is -3.76. The van der Waals surface area contributed by atoms with Gasteiger partial charge in [-0.3, -0.25) is 4.79 Å². The number of hydrogen-bond donors (Lipinski definition) is 1. The van der Waals surface area contributed by atoms with Crippen LogP contribution in [0.4, 0.5) is 5.82 Å². The van der Waals surface area contributed by atoms with Gasteiger partial charge in [0.05, 0.1) is 4.90 Å². The molecule has 1 saturated heterocycles. The van der Waals surface area contributed by atoms with Crippen LogP contribution < -0.4 is 5.32 Å². The van der Waals surface area contributed by atoms with Crippen molar-refractivity contribution in [3.05, 3.63) is 52.7 Å². The third-order valence-electron chi connectivity index (χ3n) is 4.82. The molecule has 1 unspecified atom stereocenters. The highest BCUT2D eigenvalue weighted by atomic mass is 32.2. The van der Waals surface area contributed by atoms with E-state index in [0.29, 0.717) is 41.2 Å². The second kappa shape index (κ2) is 7.40. The van der Waals surface area contributed by atoms with Crippen LogP contribution in [-0.2, 0) is 14.8 Å². The van der Waals surface area contributed by atoms with Crippen LogP contribution in [0.1, 0.15) is 35.2 Å². The minimum absolute atomic E-state index is 0.307. The summed E-state index contributed by atoms with van der Waals surface area (Å²) >= 11 is 0. The van der Waals surface area contributed by atoms with Crippen molar-refractivity contribution in [2.24, 2.45) is 0 Å². The molecule has 3 rings (SSSR count). The predicted octanol–water partition coefficient (Wildman–Crippen LogP) is 3.11. The van der Waals surface area contributed by atoms with Crippen molar-refractivity contribution < 1.29 is 13.2 Å². The molecule has 1 amide bonds. The van der Waals surface area contributed by atoms with Gasteiger partial charge in [-0.2, -0.15) is 4.31 Å². The highest BCUT2D eigenvalue weighted by Crippen LogP contribution is 2.31. The molecular weight excluding hydrogens is 362 g/mol. The number of rotatable bonds is 4. The number of amides is 1. The largest absolute Gasteiger partial charge is 0.309 e. The van der Waals surface area contributed by atoms with Gasteiger partial charge >= 0.3 is 0 Å². The predicted molar refractivity (Wildman–Crippen MR) is 105 cm³/mol. The maximum atomic E-state index is 13.3. The fraction of sp³-hybridized carbons (Fsp3) is 0.400. The summed E-state index contributed by atoms with van der Waals surface area (Å²) in [5, 5.41) is 2.76. The minimum Gasteiger partial charge on any atom is -0.309 e. The average molecular weight is 388 g/mol. The lowest BCUT2D eigenvalue weighted by Gasteiger charge is -2.25. The molecule has 1 N–H and O–H groups in total. The van der Waals surface area contributed by atoms with E-state index in [4.69, 9.17) is 0 Å². The summed E-state index contributed by atoms with van der Waals surface area (Å²) in [4.78, 5) is 17.4. The Hall–Kier alpha value is -2.25. The van der Waals surface area contributed by atoms with E-state index in [1.165, 1.54) is 4.31 Å². The van der Waals surface area contributed by atoms with Gasteiger partial charge in [0.2, 0.25) is 15.9 Å². The van der Waals surface area contributed by atoms with E-state index >= 15 is 0 Å². The second-order valence-corrected chi connectivity index (χ2v) is 8.98. The van der Waals surface area contributed by atoms with Gasteiger partial charge in [0.25, 0.3) is 0 Å². The van der Waals surface area contributed by atoms with Crippen LogP contribution in [-0.4, -0.2) is 36.2 Å². The summed E-state index contributed by atoms with van der Waals surface area (Å²) in [5.41, 5.74) is 3.22. The zero-order valence-corrected chi connectivity index (χ0v) is 16.9. The first-order chi connectivity index (χ1) is 12.7. The molecule has 1 fully saturated rings. The fourth-order valence-corrected chi connectivity index (χ4v) is 5.87. The zero-order chi connectivity index (χ0) is 19.8. The lowest BCUT2D eigenvalue weighted by molar-refractivity contribution is -0.119. The summed E-state index contributed by atoms with van der Waals surface area (Å²) in [6.07, 6.45) is 1.16. The molecule has 7 heteroatoms. The van der Waals surface area contributed by atoms with Gasteiger partial charge in [-0.25, -0.2) is 13.4 Å². The number of sulfonamides is 1. The molecule has 0 aliphatic carbocycles. The molecule has 6 nitrogen and oxygen atoms in total. The smallest absolute Gasteiger partial charge is 0.244 e. The molecule has 2 aromatic rings. The number of nitrogens with zero attached hydrogens (tertiary/aromatic N) is 2. The van der Waals surface area contributed by atoms with Crippen LogP contribution in [0.3, 0.4) is 0 Å². The van der Waals surface area contributed by atoms with E-state index in [0.717, 1.165) is 11.3 Å². The first-order valence-electron chi connectivity index (χ1n) is 9.04. The van der Waals surface area contributed by atoms with Crippen LogP contribution in [0.5, 0.6) is 0 Å². The Bertz CT molecular complexity index is 963. The summed E-state index contributed by atoms with van der Waals surface area (Å²) in [6.45, 7) is 7.72. The van der Waals surface area contributed by atoms with Crippen LogP contribution in [0, 0.1) is 27.7 Å². The van der Waals surface area contributed by atoms with Gasteiger partial charge in [0.1, 0.15) is 11.9 Å². The van der Waals surface area contributed by atoms with E-state index in [9.17, 15) is 13.2 Å². The van der Waals surface area contributed by atoms with Crippen LogP contribution in [0.25, 0.3) is 0 Å². The van der Waals surface area contributed by atoms with Crippen LogP contribution in [0.15, 0.2) is 35.2 Å². The highest BCUT2D eigenvalue weighted by molar-refractivity contribution is 7.89. The number of carbonyl (C=O) groups excluding carboxylic acids is 1. The maximum Gasteiger partial charge on any atom is 0.244 e. The SMILES string of the molecule is Cc1cc(C)c(S(=O)(=O)N2CCCC2C(=O)Nc2cccc(C)n2)c(C)c1. The Kier molecular flexibility index (Phi) is 5.35. The molecule has 1 aromatic carbocycles. The molecule has 1 aromatic heterocycles. The molecule has 1 aliphatic rings. The van der Waals surface area contributed by atoms with Crippen molar-refractivity contribution in [1.82, 2.24) is 9.29 Å². The van der Waals surface area contributed by atoms with Gasteiger partial charge < -0.3 is 5.32 Å². The lowest BCUT2D eigenvalue weighted by Crippen LogP contribution is -2.43. The molecule has 1 atom stereocenters. The van der Waals surface area contributed by atoms with E-state index in [1.54, 1.807) is 26.0 Å². The molecule has 1 aliphatic heterocycles. The molecular formula is C20H25N3O3S. The van der Waals surface area contributed by atoms with E-state index in [-0.39, 0.29) is 5.91 Å². The first-order valence-corrected chi connectivity index (χ1v) is 10.5. The maximum absolute atomic E-state index is 13.3. The normalized spacial score (nSPS) is 17.9. The van der Waals surface area contributed by atoms with Crippen molar-refractivity contribution >= 4 is 21.7 Å². The number of aromatic nitrogens is 1. The van der Waals surface area contributed by atoms with E-state index in [2.05, 4.69) is 10.3 Å². The molecule has 0 radical (unpaired) electrons. The number of carbonyl (C=O) groups is 1. The standard InChI is InChI=1S/C20H25N3O3S/c1-13-11-14(2)19(15(3)12-13)27(25,26)23-10-6-8-17(23)20(24)22-18-9-5-7-16(4)21-18/h5,7,9,11-12,17H,6,8,10H2,1-4H3,(H,21,22,24). The topological polar surface area (TPSA) is 79.4 Å². The zero-order valence-electron chi connectivity index (χ0n) is 16.1. The number of anilines is 1. The number of benzene rings is 1. The molecule has 2 heterocycles. The van der Waals surface area contributed by atoms with Crippen molar-refractivity contribution in [1.29, 1.82) is 0 Å². The fourth-order valence-electron chi connectivity index (χ4n) is 3.80. The van der Waals surface area contributed by atoms with Crippen molar-refractivity contribution in [3.63, 3.8) is 0 Å². The van der Waals surface area contributed by atoms with Gasteiger partial charge in [-0.15, -0.1) is 0 Å². The molecule has 0 saturated carbocycles. The summed E-state index contributed by atoms with van der Waals surface area (Å²) < 4.78 is 28.0. The Morgan fingerprint density at radius 2 is 1.81 bits per heavy atom. The number of hydrogen-bond acceptors (Lipinski definition) is 4. The van der Waals surface area contributed by atoms with Crippen LogP contribution in [0.2, 0.25) is 0 Å². The first kappa shape index (κ1) is 19.5. The monoisotopic (exact) mass is 387 g/mol. The van der Waals surface area contributed by atoms with Crippen molar-refractivity contribution in [2.45, 2.75) is 51.5 Å². The molecule has 0 spiro atoms. The summed E-state index contributed by atoms with van der Waals surface area (Å²) in [7, 11) is -3.76. The Balaban J connectivity index is 1.90. The quantitative estimate of drug-likeness (QED) is 0.874. The number of pyridine rings is 1. The molecule has 0 bridgehead atoms. The Morgan fingerprint density at radius 1 is 1.15 bits per heavy atom. The van der Waals surface area contributed by atoms with Gasteiger partial charge in [-0.1, -0.05) is 23.8 Å². The Labute approximate surface area is 160 Å². The number of nitrogens with one attached hydrogen (secondary N) is 1. The summed E-state index contributed by atoms with van der Waals surface area (Å²) in [6, 6.07) is 8.35.